The van der Waals surface area contributed by atoms with Gasteiger partial charge in [-0.15, -0.1) is 11.3 Å². The molecule has 0 radical (unpaired) electrons. The summed E-state index contributed by atoms with van der Waals surface area (Å²) in [4.78, 5) is 17.6. The third-order valence-corrected chi connectivity index (χ3v) is 4.46. The molecule has 0 aliphatic carbocycles. The average Bonchev–Trinajstić information content (AvgIpc) is 2.96. The van der Waals surface area contributed by atoms with Crippen LogP contribution in [0.25, 0.3) is 11.3 Å². The number of aryl methyl sites for hydroxylation is 1. The molecule has 0 aliphatic rings. The summed E-state index contributed by atoms with van der Waals surface area (Å²) in [7, 11) is 0. The van der Waals surface area contributed by atoms with Crippen LogP contribution in [0.2, 0.25) is 0 Å². The monoisotopic (exact) mass is 356 g/mol. The number of nitrogens with one attached hydrogen (secondary N) is 1. The zero-order valence-electron chi connectivity index (χ0n) is 13.9. The second-order valence-corrected chi connectivity index (χ2v) is 6.52. The zero-order valence-corrected chi connectivity index (χ0v) is 14.7. The van der Waals surface area contributed by atoms with Gasteiger partial charge in [-0.2, -0.15) is 0 Å². The molecule has 0 atom stereocenters. The molecular formula is C19H17FN2O2S. The molecule has 0 spiro atoms. The van der Waals surface area contributed by atoms with Gasteiger partial charge in [-0.3, -0.25) is 10.1 Å². The lowest BCUT2D eigenvalue weighted by Gasteiger charge is -2.04. The molecule has 6 heteroatoms. The number of thiazole rings is 1. The summed E-state index contributed by atoms with van der Waals surface area (Å²) in [5.41, 5.74) is 1.72. The molecule has 3 rings (SSSR count). The van der Waals surface area contributed by atoms with Crippen molar-refractivity contribution in [3.05, 3.63) is 64.8 Å². The van der Waals surface area contributed by atoms with E-state index in [1.54, 1.807) is 12.1 Å². The molecule has 0 unspecified atom stereocenters. The molecular weight excluding hydrogens is 339 g/mol. The SMILES string of the molecule is CCOc1ccc(-c2nc(NC(=O)c3ccccc3F)sc2C)cc1. The average molecular weight is 356 g/mol. The number of ether oxygens (including phenoxy) is 1. The van der Waals surface area contributed by atoms with E-state index in [9.17, 15) is 9.18 Å². The van der Waals surface area contributed by atoms with Crippen molar-refractivity contribution >= 4 is 22.4 Å². The highest BCUT2D eigenvalue weighted by atomic mass is 32.1. The highest BCUT2D eigenvalue weighted by molar-refractivity contribution is 7.16. The number of anilines is 1. The van der Waals surface area contributed by atoms with E-state index in [0.29, 0.717) is 11.7 Å². The summed E-state index contributed by atoms with van der Waals surface area (Å²) in [5.74, 6) is -0.266. The topological polar surface area (TPSA) is 51.2 Å². The molecule has 0 saturated carbocycles. The second-order valence-electron chi connectivity index (χ2n) is 5.32. The number of nitrogens with zero attached hydrogens (tertiary/aromatic N) is 1. The number of carbonyl (C=O) groups excluding carboxylic acids is 1. The van der Waals surface area contributed by atoms with E-state index in [0.717, 1.165) is 21.9 Å². The smallest absolute Gasteiger partial charge is 0.260 e. The van der Waals surface area contributed by atoms with Crippen LogP contribution in [0.4, 0.5) is 9.52 Å². The molecule has 1 amide bonds. The van der Waals surface area contributed by atoms with E-state index in [2.05, 4.69) is 10.3 Å². The minimum Gasteiger partial charge on any atom is -0.494 e. The van der Waals surface area contributed by atoms with E-state index in [1.165, 1.54) is 23.5 Å². The Kier molecular flexibility index (Phi) is 5.09. The number of amides is 1. The Morgan fingerprint density at radius 1 is 1.20 bits per heavy atom. The Hall–Kier alpha value is -2.73. The normalized spacial score (nSPS) is 10.5. The van der Waals surface area contributed by atoms with Gasteiger partial charge in [0.25, 0.3) is 5.91 Å². The maximum absolute atomic E-state index is 13.7. The number of halogens is 1. The van der Waals surface area contributed by atoms with E-state index in [1.807, 2.05) is 38.1 Å². The first-order chi connectivity index (χ1) is 12.1. The molecule has 3 aromatic rings. The van der Waals surface area contributed by atoms with Crippen LogP contribution in [0, 0.1) is 12.7 Å². The van der Waals surface area contributed by atoms with Crippen molar-refractivity contribution in [2.75, 3.05) is 11.9 Å². The van der Waals surface area contributed by atoms with Gasteiger partial charge in [-0.1, -0.05) is 12.1 Å². The highest BCUT2D eigenvalue weighted by Gasteiger charge is 2.15. The quantitative estimate of drug-likeness (QED) is 0.707. The molecule has 1 heterocycles. The molecule has 0 saturated heterocycles. The molecule has 4 nitrogen and oxygen atoms in total. The standard InChI is InChI=1S/C19H17FN2O2S/c1-3-24-14-10-8-13(9-11-14)17-12(2)25-19(21-17)22-18(23)15-6-4-5-7-16(15)20/h4-11H,3H2,1-2H3,(H,21,22,23). The van der Waals surface area contributed by atoms with Crippen molar-refractivity contribution in [3.63, 3.8) is 0 Å². The first-order valence-corrected chi connectivity index (χ1v) is 8.66. The zero-order chi connectivity index (χ0) is 17.8. The predicted molar refractivity (Wildman–Crippen MR) is 97.8 cm³/mol. The van der Waals surface area contributed by atoms with Crippen LogP contribution < -0.4 is 10.1 Å². The fourth-order valence-corrected chi connectivity index (χ4v) is 3.23. The van der Waals surface area contributed by atoms with Crippen LogP contribution in [0.1, 0.15) is 22.2 Å². The van der Waals surface area contributed by atoms with Gasteiger partial charge < -0.3 is 4.74 Å². The molecule has 1 aromatic heterocycles. The number of aromatic nitrogens is 1. The van der Waals surface area contributed by atoms with Gasteiger partial charge in [0.05, 0.1) is 17.9 Å². The maximum atomic E-state index is 13.7. The van der Waals surface area contributed by atoms with Crippen molar-refractivity contribution in [2.45, 2.75) is 13.8 Å². The molecule has 0 aliphatic heterocycles. The van der Waals surface area contributed by atoms with Gasteiger partial charge in [0, 0.05) is 10.4 Å². The van der Waals surface area contributed by atoms with Gasteiger partial charge in [0.1, 0.15) is 11.6 Å². The Balaban J connectivity index is 1.80. The first-order valence-electron chi connectivity index (χ1n) is 7.85. The Morgan fingerprint density at radius 3 is 2.60 bits per heavy atom. The Morgan fingerprint density at radius 2 is 1.92 bits per heavy atom. The van der Waals surface area contributed by atoms with Crippen LogP contribution in [0.15, 0.2) is 48.5 Å². The van der Waals surface area contributed by atoms with Crippen molar-refractivity contribution in [1.29, 1.82) is 0 Å². The molecule has 128 valence electrons. The largest absolute Gasteiger partial charge is 0.494 e. The lowest BCUT2D eigenvalue weighted by atomic mass is 10.1. The third-order valence-electron chi connectivity index (χ3n) is 3.57. The minimum absolute atomic E-state index is 0.00188. The lowest BCUT2D eigenvalue weighted by Crippen LogP contribution is -2.13. The van der Waals surface area contributed by atoms with Crippen LogP contribution in [-0.4, -0.2) is 17.5 Å². The van der Waals surface area contributed by atoms with Gasteiger partial charge in [0.2, 0.25) is 0 Å². The summed E-state index contributed by atoms with van der Waals surface area (Å²) in [6.45, 7) is 4.48. The van der Waals surface area contributed by atoms with Gasteiger partial charge in [-0.05, 0) is 50.2 Å². The minimum atomic E-state index is -0.556. The first kappa shape index (κ1) is 17.1. The van der Waals surface area contributed by atoms with Crippen LogP contribution >= 0.6 is 11.3 Å². The van der Waals surface area contributed by atoms with Crippen molar-refractivity contribution < 1.29 is 13.9 Å². The molecule has 0 bridgehead atoms. The summed E-state index contributed by atoms with van der Waals surface area (Å²) in [5, 5.41) is 3.10. The highest BCUT2D eigenvalue weighted by Crippen LogP contribution is 2.31. The number of rotatable bonds is 5. The van der Waals surface area contributed by atoms with Crippen LogP contribution in [0.5, 0.6) is 5.75 Å². The second kappa shape index (κ2) is 7.44. The summed E-state index contributed by atoms with van der Waals surface area (Å²) >= 11 is 1.36. The molecule has 0 fully saturated rings. The number of carbonyl (C=O) groups is 1. The summed E-state index contributed by atoms with van der Waals surface area (Å²) < 4.78 is 19.1. The van der Waals surface area contributed by atoms with Crippen molar-refractivity contribution in [1.82, 2.24) is 4.98 Å². The van der Waals surface area contributed by atoms with E-state index < -0.39 is 11.7 Å². The van der Waals surface area contributed by atoms with Gasteiger partial charge in [-0.25, -0.2) is 9.37 Å². The number of hydrogen-bond acceptors (Lipinski definition) is 4. The predicted octanol–water partition coefficient (Wildman–Crippen LogP) is 4.91. The summed E-state index contributed by atoms with van der Waals surface area (Å²) in [6, 6.07) is 13.5. The Labute approximate surface area is 149 Å². The van der Waals surface area contributed by atoms with Crippen molar-refractivity contribution in [2.24, 2.45) is 0 Å². The summed E-state index contributed by atoms with van der Waals surface area (Å²) in [6.07, 6.45) is 0. The third kappa shape index (κ3) is 3.85. The fourth-order valence-electron chi connectivity index (χ4n) is 2.40. The Bertz CT molecular complexity index is 891. The van der Waals surface area contributed by atoms with E-state index in [-0.39, 0.29) is 5.56 Å². The number of hydrogen-bond donors (Lipinski definition) is 1. The number of benzene rings is 2. The molecule has 2 aromatic carbocycles. The van der Waals surface area contributed by atoms with E-state index in [4.69, 9.17) is 4.74 Å². The maximum Gasteiger partial charge on any atom is 0.260 e. The van der Waals surface area contributed by atoms with Crippen LogP contribution in [0.3, 0.4) is 0 Å². The van der Waals surface area contributed by atoms with Crippen molar-refractivity contribution in [3.8, 4) is 17.0 Å². The molecule has 25 heavy (non-hydrogen) atoms. The van der Waals surface area contributed by atoms with E-state index >= 15 is 0 Å². The van der Waals surface area contributed by atoms with Gasteiger partial charge >= 0.3 is 0 Å². The van der Waals surface area contributed by atoms with Crippen LogP contribution in [-0.2, 0) is 0 Å². The lowest BCUT2D eigenvalue weighted by molar-refractivity contribution is 0.102. The van der Waals surface area contributed by atoms with Gasteiger partial charge in [0.15, 0.2) is 5.13 Å². The molecule has 1 N–H and O–H groups in total. The fraction of sp³-hybridized carbons (Fsp3) is 0.158.